The molecule has 3 aromatic rings. The van der Waals surface area contributed by atoms with Crippen LogP contribution >= 0.6 is 0 Å². The van der Waals surface area contributed by atoms with Crippen LogP contribution in [-0.4, -0.2) is 15.3 Å². The predicted octanol–water partition coefficient (Wildman–Crippen LogP) is 4.09. The second kappa shape index (κ2) is 7.31. The van der Waals surface area contributed by atoms with Crippen LogP contribution in [0, 0.1) is 20.2 Å². The molecule has 8 nitrogen and oxygen atoms in total. The van der Waals surface area contributed by atoms with E-state index in [0.29, 0.717) is 16.9 Å². The molecule has 0 saturated carbocycles. The summed E-state index contributed by atoms with van der Waals surface area (Å²) in [7, 11) is 0. The Kier molecular flexibility index (Phi) is 4.75. The van der Waals surface area contributed by atoms with Gasteiger partial charge in [-0.2, -0.15) is 0 Å². The number of benzene rings is 3. The van der Waals surface area contributed by atoms with E-state index in [9.17, 15) is 20.2 Å². The third-order valence-corrected chi connectivity index (χ3v) is 3.69. The molecule has 26 heavy (non-hydrogen) atoms. The summed E-state index contributed by atoms with van der Waals surface area (Å²) >= 11 is 0. The summed E-state index contributed by atoms with van der Waals surface area (Å²) in [6, 6.07) is 24.2. The van der Waals surface area contributed by atoms with E-state index >= 15 is 0 Å². The highest BCUT2D eigenvalue weighted by Crippen LogP contribution is 2.36. The maximum atomic E-state index is 11.4. The molecule has 0 saturated heterocycles. The molecule has 0 N–H and O–H groups in total. The number of nitro groups is 2. The first-order valence-corrected chi connectivity index (χ1v) is 7.68. The summed E-state index contributed by atoms with van der Waals surface area (Å²) in [6.45, 7) is 0. The molecule has 3 rings (SSSR count). The SMILES string of the molecule is O=[N+]([O-])N(N(c1ccccc1)c1ccccc1-c1ccccc1)[N+](=O)[O-]. The molecule has 8 heteroatoms. The van der Waals surface area contributed by atoms with E-state index in [1.165, 1.54) is 0 Å². The van der Waals surface area contributed by atoms with Crippen molar-refractivity contribution in [2.24, 2.45) is 0 Å². The lowest BCUT2D eigenvalue weighted by Gasteiger charge is -2.24. The summed E-state index contributed by atoms with van der Waals surface area (Å²) in [5, 5.41) is 21.6. The fourth-order valence-electron chi connectivity index (χ4n) is 2.63. The smallest absolute Gasteiger partial charge is 0.229 e. The van der Waals surface area contributed by atoms with Crippen molar-refractivity contribution >= 4 is 11.4 Å². The van der Waals surface area contributed by atoms with Crippen molar-refractivity contribution in [3.05, 3.63) is 105 Å². The van der Waals surface area contributed by atoms with Gasteiger partial charge in [0, 0.05) is 5.56 Å². The maximum Gasteiger partial charge on any atom is 0.288 e. The second-order valence-corrected chi connectivity index (χ2v) is 5.27. The van der Waals surface area contributed by atoms with Crippen molar-refractivity contribution in [2.45, 2.75) is 0 Å². The van der Waals surface area contributed by atoms with Crippen LogP contribution < -0.4 is 5.01 Å². The first-order valence-electron chi connectivity index (χ1n) is 7.68. The highest BCUT2D eigenvalue weighted by atomic mass is 16.8. The lowest BCUT2D eigenvalue weighted by molar-refractivity contribution is -0.908. The minimum atomic E-state index is -1.06. The molecule has 0 aliphatic rings. The molecule has 3 aromatic carbocycles. The van der Waals surface area contributed by atoms with Gasteiger partial charge in [0.15, 0.2) is 0 Å². The Morgan fingerprint density at radius 3 is 1.73 bits per heavy atom. The second-order valence-electron chi connectivity index (χ2n) is 5.27. The zero-order chi connectivity index (χ0) is 18.5. The molecular formula is C18H14N4O4. The van der Waals surface area contributed by atoms with Crippen molar-refractivity contribution in [1.29, 1.82) is 0 Å². The molecule has 0 fully saturated rings. The van der Waals surface area contributed by atoms with Gasteiger partial charge in [0.05, 0.1) is 11.4 Å². The van der Waals surface area contributed by atoms with Crippen LogP contribution in [0.15, 0.2) is 84.9 Å². The van der Waals surface area contributed by atoms with Gasteiger partial charge in [-0.3, -0.25) is 0 Å². The summed E-state index contributed by atoms with van der Waals surface area (Å²) < 4.78 is 0. The molecule has 0 aromatic heterocycles. The van der Waals surface area contributed by atoms with Crippen molar-refractivity contribution in [1.82, 2.24) is 5.23 Å². The van der Waals surface area contributed by atoms with Crippen LogP contribution in [-0.2, 0) is 0 Å². The average molecular weight is 350 g/mol. The summed E-state index contributed by atoms with van der Waals surface area (Å²) in [4.78, 5) is 22.9. The summed E-state index contributed by atoms with van der Waals surface area (Å²) in [5.41, 5.74) is 2.03. The minimum Gasteiger partial charge on any atom is -0.229 e. The minimum absolute atomic E-state index is 0.114. The molecule has 0 amide bonds. The van der Waals surface area contributed by atoms with E-state index in [2.05, 4.69) is 0 Å². The number of hydrazine groups is 3. The molecule has 0 radical (unpaired) electrons. The van der Waals surface area contributed by atoms with E-state index in [4.69, 9.17) is 0 Å². The predicted molar refractivity (Wildman–Crippen MR) is 96.3 cm³/mol. The molecule has 0 aliphatic carbocycles. The fourth-order valence-corrected chi connectivity index (χ4v) is 2.63. The van der Waals surface area contributed by atoms with Gasteiger partial charge in [-0.25, -0.2) is 20.2 Å². The maximum absolute atomic E-state index is 11.4. The number of para-hydroxylation sites is 2. The van der Waals surface area contributed by atoms with Gasteiger partial charge in [-0.05, 0) is 23.8 Å². The van der Waals surface area contributed by atoms with Crippen LogP contribution in [0.5, 0.6) is 0 Å². The van der Waals surface area contributed by atoms with Crippen molar-refractivity contribution < 1.29 is 10.1 Å². The molecule has 0 unspecified atom stereocenters. The lowest BCUT2D eigenvalue weighted by atomic mass is 10.0. The topological polar surface area (TPSA) is 92.8 Å². The van der Waals surface area contributed by atoms with Gasteiger partial charge in [0.25, 0.3) is 5.23 Å². The van der Waals surface area contributed by atoms with Crippen LogP contribution in [0.25, 0.3) is 11.1 Å². The highest BCUT2D eigenvalue weighted by Gasteiger charge is 2.39. The number of nitrogens with zero attached hydrogens (tertiary/aromatic N) is 4. The molecule has 0 bridgehead atoms. The lowest BCUT2D eigenvalue weighted by Crippen LogP contribution is -2.47. The number of rotatable bonds is 6. The van der Waals surface area contributed by atoms with E-state index in [0.717, 1.165) is 10.6 Å². The van der Waals surface area contributed by atoms with Gasteiger partial charge >= 0.3 is 0 Å². The van der Waals surface area contributed by atoms with Crippen LogP contribution in [0.2, 0.25) is 0 Å². The molecule has 130 valence electrons. The first kappa shape index (κ1) is 16.9. The standard InChI is InChI=1S/C18H14N4O4/c23-21(24)20(22(25)26)19(16-11-5-2-6-12-16)18-14-8-7-13-17(18)15-9-3-1-4-10-15/h1-14H. The van der Waals surface area contributed by atoms with Gasteiger partial charge in [0.2, 0.25) is 10.1 Å². The van der Waals surface area contributed by atoms with Gasteiger partial charge in [-0.15, -0.1) is 5.01 Å². The zero-order valence-corrected chi connectivity index (χ0v) is 13.5. The summed E-state index contributed by atoms with van der Waals surface area (Å²) in [5.74, 6) is 0. The highest BCUT2D eigenvalue weighted by molar-refractivity contribution is 5.81. The van der Waals surface area contributed by atoms with Crippen molar-refractivity contribution in [2.75, 3.05) is 5.01 Å². The first-order chi connectivity index (χ1) is 12.6. The Hall–Kier alpha value is -3.94. The molecular weight excluding hydrogens is 336 g/mol. The largest absolute Gasteiger partial charge is 0.288 e. The molecule has 0 aliphatic heterocycles. The van der Waals surface area contributed by atoms with Gasteiger partial charge in [0.1, 0.15) is 0 Å². The third kappa shape index (κ3) is 3.29. The van der Waals surface area contributed by atoms with E-state index < -0.39 is 10.1 Å². The zero-order valence-electron chi connectivity index (χ0n) is 13.5. The van der Waals surface area contributed by atoms with Gasteiger partial charge in [-0.1, -0.05) is 66.7 Å². The Balaban J connectivity index is 2.24. The van der Waals surface area contributed by atoms with Crippen molar-refractivity contribution in [3.8, 4) is 11.1 Å². The summed E-state index contributed by atoms with van der Waals surface area (Å²) in [6.07, 6.45) is 0. The van der Waals surface area contributed by atoms with Gasteiger partial charge < -0.3 is 0 Å². The molecule has 0 atom stereocenters. The third-order valence-electron chi connectivity index (χ3n) is 3.69. The number of hydrogen-bond donors (Lipinski definition) is 0. The monoisotopic (exact) mass is 350 g/mol. The van der Waals surface area contributed by atoms with E-state index in [-0.39, 0.29) is 5.23 Å². The van der Waals surface area contributed by atoms with Crippen molar-refractivity contribution in [3.63, 3.8) is 0 Å². The van der Waals surface area contributed by atoms with Crippen LogP contribution in [0.4, 0.5) is 11.4 Å². The quantitative estimate of drug-likeness (QED) is 0.491. The normalized spacial score (nSPS) is 10.2. The van der Waals surface area contributed by atoms with E-state index in [1.807, 2.05) is 30.3 Å². The van der Waals surface area contributed by atoms with Crippen LogP contribution in [0.3, 0.4) is 0 Å². The fraction of sp³-hybridized carbons (Fsp3) is 0. The number of hydrogen-bond acceptors (Lipinski definition) is 5. The molecule has 0 heterocycles. The Morgan fingerprint density at radius 1 is 0.654 bits per heavy atom. The number of anilines is 2. The Bertz CT molecular complexity index is 905. The molecule has 0 spiro atoms. The average Bonchev–Trinajstić information content (AvgIpc) is 2.67. The van der Waals surface area contributed by atoms with E-state index in [1.54, 1.807) is 54.6 Å². The Morgan fingerprint density at radius 2 is 1.15 bits per heavy atom. The van der Waals surface area contributed by atoms with Crippen LogP contribution in [0.1, 0.15) is 0 Å². The Labute approximate surface area is 148 Å².